The highest BCUT2D eigenvalue weighted by molar-refractivity contribution is 4.70. The quantitative estimate of drug-likeness (QED) is 0.702. The molecule has 0 radical (unpaired) electrons. The second-order valence-corrected chi connectivity index (χ2v) is 3.67. The Morgan fingerprint density at radius 1 is 1.36 bits per heavy atom. The maximum atomic E-state index is 11.6. The van der Waals surface area contributed by atoms with Crippen LogP contribution in [-0.2, 0) is 4.74 Å². The first kappa shape index (κ1) is 11.8. The number of hydrogen-bond acceptors (Lipinski definition) is 2. The zero-order valence-electron chi connectivity index (χ0n) is 8.07. The molecular formula is C9H16F3NO. The molecule has 0 aromatic carbocycles. The fourth-order valence-corrected chi connectivity index (χ4v) is 1.62. The van der Waals surface area contributed by atoms with Gasteiger partial charge in [-0.2, -0.15) is 13.2 Å². The van der Waals surface area contributed by atoms with E-state index in [1.165, 1.54) is 0 Å². The second kappa shape index (κ2) is 5.56. The van der Waals surface area contributed by atoms with Crippen LogP contribution in [0.2, 0.25) is 0 Å². The Kier molecular flexibility index (Phi) is 4.68. The number of hydrogen-bond donors (Lipinski definition) is 1. The van der Waals surface area contributed by atoms with Crippen molar-refractivity contribution in [1.29, 1.82) is 0 Å². The molecule has 5 heteroatoms. The Morgan fingerprint density at radius 3 is 2.71 bits per heavy atom. The lowest BCUT2D eigenvalue weighted by Crippen LogP contribution is -2.17. The van der Waals surface area contributed by atoms with Gasteiger partial charge in [-0.05, 0) is 38.3 Å². The first-order chi connectivity index (χ1) is 6.58. The van der Waals surface area contributed by atoms with Gasteiger partial charge in [-0.15, -0.1) is 0 Å². The van der Waals surface area contributed by atoms with Crippen molar-refractivity contribution in [3.05, 3.63) is 0 Å². The number of nitrogens with one attached hydrogen (secondary N) is 1. The van der Waals surface area contributed by atoms with Crippen molar-refractivity contribution >= 4 is 0 Å². The topological polar surface area (TPSA) is 21.3 Å². The molecule has 0 aliphatic carbocycles. The Hall–Kier alpha value is -0.290. The van der Waals surface area contributed by atoms with Gasteiger partial charge in [-0.1, -0.05) is 0 Å². The predicted octanol–water partition coefficient (Wildman–Crippen LogP) is 1.95. The fraction of sp³-hybridized carbons (Fsp3) is 1.00. The van der Waals surface area contributed by atoms with E-state index in [-0.39, 0.29) is 6.61 Å². The monoisotopic (exact) mass is 211 g/mol. The van der Waals surface area contributed by atoms with Crippen molar-refractivity contribution in [2.45, 2.75) is 25.4 Å². The van der Waals surface area contributed by atoms with E-state index in [4.69, 9.17) is 0 Å². The highest BCUT2D eigenvalue weighted by atomic mass is 19.4. The molecular weight excluding hydrogens is 195 g/mol. The standard InChI is InChI=1S/C9H16F3NO/c10-9(11,12)7-14-5-1-2-8-3-4-13-6-8/h8,13H,1-7H2. The fourth-order valence-electron chi connectivity index (χ4n) is 1.62. The zero-order chi connectivity index (χ0) is 10.4. The molecule has 1 aliphatic heterocycles. The minimum Gasteiger partial charge on any atom is -0.372 e. The zero-order valence-corrected chi connectivity index (χ0v) is 8.07. The van der Waals surface area contributed by atoms with E-state index in [0.717, 1.165) is 32.4 Å². The van der Waals surface area contributed by atoms with Crippen LogP contribution in [0.25, 0.3) is 0 Å². The molecule has 84 valence electrons. The summed E-state index contributed by atoms with van der Waals surface area (Å²) in [6.07, 6.45) is -1.36. The molecule has 1 saturated heterocycles. The lowest BCUT2D eigenvalue weighted by molar-refractivity contribution is -0.174. The van der Waals surface area contributed by atoms with Crippen molar-refractivity contribution in [1.82, 2.24) is 5.32 Å². The average Bonchev–Trinajstić information content (AvgIpc) is 2.54. The van der Waals surface area contributed by atoms with E-state index in [1.807, 2.05) is 0 Å². The first-order valence-electron chi connectivity index (χ1n) is 4.93. The van der Waals surface area contributed by atoms with Crippen LogP contribution in [0.3, 0.4) is 0 Å². The Morgan fingerprint density at radius 2 is 2.14 bits per heavy atom. The van der Waals surface area contributed by atoms with Crippen LogP contribution in [0, 0.1) is 5.92 Å². The Bertz CT molecular complexity index is 155. The molecule has 1 fully saturated rings. The van der Waals surface area contributed by atoms with E-state index >= 15 is 0 Å². The van der Waals surface area contributed by atoms with Crippen molar-refractivity contribution in [3.8, 4) is 0 Å². The summed E-state index contributed by atoms with van der Waals surface area (Å²) >= 11 is 0. The van der Waals surface area contributed by atoms with E-state index in [9.17, 15) is 13.2 Å². The van der Waals surface area contributed by atoms with Crippen LogP contribution < -0.4 is 5.32 Å². The van der Waals surface area contributed by atoms with Gasteiger partial charge in [-0.25, -0.2) is 0 Å². The number of halogens is 3. The van der Waals surface area contributed by atoms with Crippen LogP contribution in [0.15, 0.2) is 0 Å². The molecule has 1 aliphatic rings. The van der Waals surface area contributed by atoms with Gasteiger partial charge in [0.2, 0.25) is 0 Å². The van der Waals surface area contributed by atoms with E-state index in [1.54, 1.807) is 0 Å². The first-order valence-corrected chi connectivity index (χ1v) is 4.93. The van der Waals surface area contributed by atoms with E-state index in [2.05, 4.69) is 10.1 Å². The molecule has 0 aromatic rings. The smallest absolute Gasteiger partial charge is 0.372 e. The van der Waals surface area contributed by atoms with Gasteiger partial charge >= 0.3 is 6.18 Å². The van der Waals surface area contributed by atoms with Crippen LogP contribution in [-0.4, -0.2) is 32.5 Å². The molecule has 1 unspecified atom stereocenters. The molecule has 0 aromatic heterocycles. The molecule has 0 bridgehead atoms. The van der Waals surface area contributed by atoms with Crippen molar-refractivity contribution in [2.75, 3.05) is 26.3 Å². The maximum absolute atomic E-state index is 11.6. The molecule has 1 N–H and O–H groups in total. The van der Waals surface area contributed by atoms with Crippen LogP contribution in [0.4, 0.5) is 13.2 Å². The van der Waals surface area contributed by atoms with Crippen molar-refractivity contribution in [2.24, 2.45) is 5.92 Å². The summed E-state index contributed by atoms with van der Waals surface area (Å²) < 4.78 is 39.5. The normalized spacial score (nSPS) is 22.9. The Labute approximate surface area is 81.8 Å². The molecule has 2 nitrogen and oxygen atoms in total. The molecule has 1 atom stereocenters. The van der Waals surface area contributed by atoms with E-state index < -0.39 is 12.8 Å². The third-order valence-corrected chi connectivity index (χ3v) is 2.33. The molecule has 0 amide bonds. The summed E-state index contributed by atoms with van der Waals surface area (Å²) in [5.74, 6) is 0.629. The highest BCUT2D eigenvalue weighted by Crippen LogP contribution is 2.16. The number of alkyl halides is 3. The van der Waals surface area contributed by atoms with Gasteiger partial charge in [0.25, 0.3) is 0 Å². The summed E-state index contributed by atoms with van der Waals surface area (Å²) in [6.45, 7) is 1.14. The summed E-state index contributed by atoms with van der Waals surface area (Å²) in [6, 6.07) is 0. The van der Waals surface area contributed by atoms with Gasteiger partial charge in [-0.3, -0.25) is 0 Å². The van der Waals surface area contributed by atoms with E-state index in [0.29, 0.717) is 5.92 Å². The average molecular weight is 211 g/mol. The SMILES string of the molecule is FC(F)(F)COCCCC1CCNC1. The van der Waals surface area contributed by atoms with Crippen molar-refractivity contribution in [3.63, 3.8) is 0 Å². The van der Waals surface area contributed by atoms with Gasteiger partial charge < -0.3 is 10.1 Å². The summed E-state index contributed by atoms with van der Waals surface area (Å²) in [5, 5.41) is 3.22. The van der Waals surface area contributed by atoms with Crippen LogP contribution in [0.5, 0.6) is 0 Å². The predicted molar refractivity (Wildman–Crippen MR) is 47.1 cm³/mol. The minimum atomic E-state index is -4.19. The summed E-state index contributed by atoms with van der Waals surface area (Å²) in [7, 11) is 0. The highest BCUT2D eigenvalue weighted by Gasteiger charge is 2.27. The second-order valence-electron chi connectivity index (χ2n) is 3.67. The Balaban J connectivity index is 1.89. The minimum absolute atomic E-state index is 0.218. The van der Waals surface area contributed by atoms with Crippen LogP contribution >= 0.6 is 0 Å². The number of ether oxygens (including phenoxy) is 1. The third kappa shape index (κ3) is 5.44. The molecule has 14 heavy (non-hydrogen) atoms. The molecule has 1 rings (SSSR count). The van der Waals surface area contributed by atoms with Gasteiger partial charge in [0.1, 0.15) is 6.61 Å². The summed E-state index contributed by atoms with van der Waals surface area (Å²) in [4.78, 5) is 0. The molecule has 0 spiro atoms. The van der Waals surface area contributed by atoms with Crippen LogP contribution in [0.1, 0.15) is 19.3 Å². The van der Waals surface area contributed by atoms with Crippen molar-refractivity contribution < 1.29 is 17.9 Å². The van der Waals surface area contributed by atoms with Gasteiger partial charge in [0.15, 0.2) is 0 Å². The molecule has 0 saturated carbocycles. The molecule has 1 heterocycles. The summed E-state index contributed by atoms with van der Waals surface area (Å²) in [5.41, 5.74) is 0. The largest absolute Gasteiger partial charge is 0.411 e. The lowest BCUT2D eigenvalue weighted by Gasteiger charge is -2.09. The third-order valence-electron chi connectivity index (χ3n) is 2.33. The lowest BCUT2D eigenvalue weighted by atomic mass is 10.0. The number of rotatable bonds is 5. The maximum Gasteiger partial charge on any atom is 0.411 e. The van der Waals surface area contributed by atoms with Gasteiger partial charge in [0, 0.05) is 6.61 Å². The van der Waals surface area contributed by atoms with Gasteiger partial charge in [0.05, 0.1) is 0 Å².